The Morgan fingerprint density at radius 1 is 1.19 bits per heavy atom. The first-order chi connectivity index (χ1) is 7.83. The summed E-state index contributed by atoms with van der Waals surface area (Å²) in [4.78, 5) is 22.3. The molecular formula is C10H7N5O. The summed E-state index contributed by atoms with van der Waals surface area (Å²) in [6.07, 6.45) is 1.67. The van der Waals surface area contributed by atoms with Gasteiger partial charge in [0.05, 0.1) is 5.52 Å². The molecule has 3 aromatic heterocycles. The maximum Gasteiger partial charge on any atom is 0.264 e. The van der Waals surface area contributed by atoms with E-state index in [9.17, 15) is 4.79 Å². The Morgan fingerprint density at radius 2 is 2.12 bits per heavy atom. The molecule has 16 heavy (non-hydrogen) atoms. The van der Waals surface area contributed by atoms with Crippen molar-refractivity contribution in [3.8, 4) is 11.5 Å². The van der Waals surface area contributed by atoms with Crippen molar-refractivity contribution in [3.05, 3.63) is 40.8 Å². The van der Waals surface area contributed by atoms with E-state index in [0.29, 0.717) is 17.2 Å². The minimum atomic E-state index is -0.238. The minimum Gasteiger partial charge on any atom is -0.335 e. The van der Waals surface area contributed by atoms with Crippen LogP contribution in [0.5, 0.6) is 0 Å². The van der Waals surface area contributed by atoms with Crippen molar-refractivity contribution < 1.29 is 0 Å². The van der Waals surface area contributed by atoms with Crippen LogP contribution in [0.2, 0.25) is 0 Å². The van der Waals surface area contributed by atoms with Crippen LogP contribution in [0.1, 0.15) is 0 Å². The lowest BCUT2D eigenvalue weighted by atomic mass is 10.4. The number of rotatable bonds is 1. The van der Waals surface area contributed by atoms with Gasteiger partial charge in [-0.3, -0.25) is 4.79 Å². The zero-order chi connectivity index (χ0) is 11.0. The normalized spacial score (nSPS) is 10.8. The van der Waals surface area contributed by atoms with Gasteiger partial charge in [-0.15, -0.1) is 0 Å². The summed E-state index contributed by atoms with van der Waals surface area (Å²) in [6, 6.07) is 6.72. The number of aromatic nitrogens is 5. The molecule has 0 bridgehead atoms. The van der Waals surface area contributed by atoms with Gasteiger partial charge in [-0.25, -0.2) is 15.1 Å². The smallest absolute Gasteiger partial charge is 0.264 e. The number of H-pyrrole nitrogens is 2. The van der Waals surface area contributed by atoms with Crippen LogP contribution in [0, 0.1) is 0 Å². The van der Waals surface area contributed by atoms with Gasteiger partial charge in [0.2, 0.25) is 0 Å². The number of imidazole rings is 1. The first-order valence-corrected chi connectivity index (χ1v) is 4.70. The molecule has 6 nitrogen and oxygen atoms in total. The van der Waals surface area contributed by atoms with Crippen LogP contribution < -0.4 is 5.56 Å². The molecule has 3 aromatic rings. The van der Waals surface area contributed by atoms with Crippen molar-refractivity contribution in [3.63, 3.8) is 0 Å². The maximum absolute atomic E-state index is 10.9. The predicted octanol–water partition coefficient (Wildman–Crippen LogP) is 0.708. The van der Waals surface area contributed by atoms with Gasteiger partial charge in [0, 0.05) is 12.3 Å². The monoisotopic (exact) mass is 213 g/mol. The van der Waals surface area contributed by atoms with Crippen LogP contribution in [0.25, 0.3) is 22.7 Å². The number of hydrogen-bond donors (Lipinski definition) is 2. The van der Waals surface area contributed by atoms with E-state index in [-0.39, 0.29) is 5.56 Å². The Balaban J connectivity index is 2.19. The first kappa shape index (κ1) is 8.78. The Morgan fingerprint density at radius 3 is 2.88 bits per heavy atom. The van der Waals surface area contributed by atoms with Gasteiger partial charge >= 0.3 is 0 Å². The van der Waals surface area contributed by atoms with Crippen LogP contribution in [0.3, 0.4) is 0 Å². The average molecular weight is 213 g/mol. The molecule has 0 aliphatic rings. The van der Waals surface area contributed by atoms with E-state index in [1.54, 1.807) is 12.3 Å². The molecule has 6 heteroatoms. The largest absolute Gasteiger partial charge is 0.335 e. The highest BCUT2D eigenvalue weighted by Crippen LogP contribution is 2.15. The van der Waals surface area contributed by atoms with Crippen LogP contribution in [0.15, 0.2) is 35.3 Å². The third kappa shape index (κ3) is 1.36. The fourth-order valence-corrected chi connectivity index (χ4v) is 1.44. The van der Waals surface area contributed by atoms with Crippen molar-refractivity contribution in [2.24, 2.45) is 0 Å². The average Bonchev–Trinajstić information content (AvgIpc) is 2.73. The Hall–Kier alpha value is -2.50. The van der Waals surface area contributed by atoms with E-state index in [1.807, 2.05) is 12.1 Å². The molecule has 0 saturated carbocycles. The highest BCUT2D eigenvalue weighted by molar-refractivity contribution is 5.74. The maximum atomic E-state index is 10.9. The fourth-order valence-electron chi connectivity index (χ4n) is 1.44. The third-order valence-electron chi connectivity index (χ3n) is 2.18. The second kappa shape index (κ2) is 3.27. The molecular weight excluding hydrogens is 206 g/mol. The second-order valence-electron chi connectivity index (χ2n) is 3.27. The van der Waals surface area contributed by atoms with Crippen molar-refractivity contribution in [1.82, 2.24) is 25.1 Å². The highest BCUT2D eigenvalue weighted by atomic mass is 16.1. The molecule has 78 valence electrons. The molecule has 0 aromatic carbocycles. The molecule has 0 spiro atoms. The molecule has 0 amide bonds. The van der Waals surface area contributed by atoms with E-state index < -0.39 is 0 Å². The van der Waals surface area contributed by atoms with E-state index in [2.05, 4.69) is 25.1 Å². The predicted molar refractivity (Wildman–Crippen MR) is 57.7 cm³/mol. The van der Waals surface area contributed by atoms with E-state index in [0.717, 1.165) is 5.52 Å². The summed E-state index contributed by atoms with van der Waals surface area (Å²) in [5, 5.41) is 6.24. The summed E-state index contributed by atoms with van der Waals surface area (Å²) >= 11 is 0. The molecule has 3 rings (SSSR count). The van der Waals surface area contributed by atoms with Crippen molar-refractivity contribution in [2.45, 2.75) is 0 Å². The first-order valence-electron chi connectivity index (χ1n) is 4.70. The van der Waals surface area contributed by atoms with Gasteiger partial charge in [-0.05, 0) is 18.2 Å². The molecule has 3 heterocycles. The molecule has 0 atom stereocenters. The summed E-state index contributed by atoms with van der Waals surface area (Å²) in [6.45, 7) is 0. The third-order valence-corrected chi connectivity index (χ3v) is 2.18. The number of pyridine rings is 1. The number of hydrogen-bond acceptors (Lipinski definition) is 4. The summed E-state index contributed by atoms with van der Waals surface area (Å²) < 4.78 is 0. The lowest BCUT2D eigenvalue weighted by Gasteiger charge is -1.91. The van der Waals surface area contributed by atoms with Crippen molar-refractivity contribution >= 4 is 11.2 Å². The molecule has 0 radical (unpaired) electrons. The summed E-state index contributed by atoms with van der Waals surface area (Å²) in [7, 11) is 0. The zero-order valence-electron chi connectivity index (χ0n) is 8.14. The molecule has 2 N–H and O–H groups in total. The number of nitrogens with zero attached hydrogens (tertiary/aromatic N) is 3. The van der Waals surface area contributed by atoms with Gasteiger partial charge in [-0.1, -0.05) is 0 Å². The van der Waals surface area contributed by atoms with E-state index in [4.69, 9.17) is 0 Å². The lowest BCUT2D eigenvalue weighted by molar-refractivity contribution is 0.985. The molecule has 0 aliphatic heterocycles. The Labute approximate surface area is 89.4 Å². The topological polar surface area (TPSA) is 87.3 Å². The number of fused-ring (bicyclic) bond motifs is 1. The van der Waals surface area contributed by atoms with Gasteiger partial charge < -0.3 is 4.98 Å². The Kier molecular flexibility index (Phi) is 1.79. The van der Waals surface area contributed by atoms with Gasteiger partial charge in [0.25, 0.3) is 5.56 Å². The molecule has 0 aliphatic carbocycles. The quantitative estimate of drug-likeness (QED) is 0.623. The van der Waals surface area contributed by atoms with Gasteiger partial charge in [0.15, 0.2) is 11.5 Å². The molecule has 0 saturated heterocycles. The lowest BCUT2D eigenvalue weighted by Crippen LogP contribution is -2.05. The van der Waals surface area contributed by atoms with E-state index in [1.165, 1.54) is 6.07 Å². The van der Waals surface area contributed by atoms with Gasteiger partial charge in [0.1, 0.15) is 5.69 Å². The molecule has 0 fully saturated rings. The Bertz CT molecular complexity index is 646. The zero-order valence-corrected chi connectivity index (χ0v) is 8.14. The standard InChI is InChI=1S/C10H7N5O/c16-8-4-3-7(14-15-8)10-12-6-2-1-5-11-9(6)13-10/h1-5H,(H,15,16)(H,11,12,13). The van der Waals surface area contributed by atoms with Crippen molar-refractivity contribution in [1.29, 1.82) is 0 Å². The molecule has 0 unspecified atom stereocenters. The minimum absolute atomic E-state index is 0.238. The van der Waals surface area contributed by atoms with E-state index >= 15 is 0 Å². The fraction of sp³-hybridized carbons (Fsp3) is 0. The highest BCUT2D eigenvalue weighted by Gasteiger charge is 2.06. The summed E-state index contributed by atoms with van der Waals surface area (Å²) in [5.41, 5.74) is 1.81. The SMILES string of the molecule is O=c1ccc(-c2nc3ncccc3[nH]2)n[nH]1. The van der Waals surface area contributed by atoms with Gasteiger partial charge in [-0.2, -0.15) is 5.10 Å². The van der Waals surface area contributed by atoms with Crippen LogP contribution >= 0.6 is 0 Å². The van der Waals surface area contributed by atoms with Crippen LogP contribution in [-0.4, -0.2) is 25.1 Å². The second-order valence-corrected chi connectivity index (χ2v) is 3.27. The van der Waals surface area contributed by atoms with Crippen molar-refractivity contribution in [2.75, 3.05) is 0 Å². The van der Waals surface area contributed by atoms with Crippen LogP contribution in [0.4, 0.5) is 0 Å². The number of nitrogens with one attached hydrogen (secondary N) is 2. The summed E-state index contributed by atoms with van der Waals surface area (Å²) in [5.74, 6) is 0.588. The number of aromatic amines is 2. The van der Waals surface area contributed by atoms with Crippen LogP contribution in [-0.2, 0) is 0 Å².